The largest absolute Gasteiger partial charge is 0.449 e. The van der Waals surface area contributed by atoms with Gasteiger partial charge in [0.25, 0.3) is 5.91 Å². The van der Waals surface area contributed by atoms with Crippen molar-refractivity contribution < 1.29 is 23.9 Å². The van der Waals surface area contributed by atoms with Crippen LogP contribution in [0.25, 0.3) is 0 Å². The van der Waals surface area contributed by atoms with Gasteiger partial charge < -0.3 is 9.47 Å². The van der Waals surface area contributed by atoms with Crippen LogP contribution < -0.4 is 4.90 Å². The summed E-state index contributed by atoms with van der Waals surface area (Å²) in [7, 11) is 0. The molecule has 0 aliphatic carbocycles. The van der Waals surface area contributed by atoms with Crippen molar-refractivity contribution in [2.75, 3.05) is 4.90 Å². The third-order valence-electron chi connectivity index (χ3n) is 7.58. The molecule has 0 saturated heterocycles. The normalized spacial score (nSPS) is 16.3. The first-order chi connectivity index (χ1) is 21.0. The molecule has 0 N–H and O–H groups in total. The first-order valence-electron chi connectivity index (χ1n) is 14.7. The molecular formula is C38H37NO5. The molecule has 224 valence electrons. The second kappa shape index (κ2) is 12.3. The topological polar surface area (TPSA) is 72.9 Å². The Morgan fingerprint density at radius 2 is 1.36 bits per heavy atom. The quantitative estimate of drug-likeness (QED) is 0.161. The van der Waals surface area contributed by atoms with E-state index in [1.807, 2.05) is 105 Å². The minimum absolute atomic E-state index is 0.126. The molecule has 1 aliphatic rings. The monoisotopic (exact) mass is 587 g/mol. The number of hydrogen-bond donors (Lipinski definition) is 0. The highest BCUT2D eigenvalue weighted by Gasteiger charge is 2.54. The Morgan fingerprint density at radius 1 is 0.818 bits per heavy atom. The fourth-order valence-corrected chi connectivity index (χ4v) is 5.82. The zero-order valence-electron chi connectivity index (χ0n) is 25.7. The molecule has 1 aliphatic heterocycles. The van der Waals surface area contributed by atoms with Gasteiger partial charge in [-0.25, -0.2) is 14.5 Å². The molecule has 5 rings (SSSR count). The molecule has 0 saturated carbocycles. The van der Waals surface area contributed by atoms with Crippen LogP contribution in [-0.2, 0) is 24.5 Å². The maximum atomic E-state index is 14.5. The van der Waals surface area contributed by atoms with Crippen molar-refractivity contribution in [3.63, 3.8) is 0 Å². The number of allylic oxidation sites excluding steroid dienone is 1. The van der Waals surface area contributed by atoms with Crippen LogP contribution in [0.1, 0.15) is 66.7 Å². The third kappa shape index (κ3) is 6.20. The number of esters is 1. The first-order valence-corrected chi connectivity index (χ1v) is 14.7. The molecule has 2 amide bonds. The summed E-state index contributed by atoms with van der Waals surface area (Å²) >= 11 is 0. The van der Waals surface area contributed by atoms with Crippen molar-refractivity contribution >= 4 is 23.7 Å². The van der Waals surface area contributed by atoms with Crippen LogP contribution in [0.3, 0.4) is 0 Å². The van der Waals surface area contributed by atoms with E-state index in [1.54, 1.807) is 39.0 Å². The van der Waals surface area contributed by atoms with Crippen LogP contribution in [0.4, 0.5) is 10.5 Å². The van der Waals surface area contributed by atoms with E-state index in [2.05, 4.69) is 0 Å². The maximum absolute atomic E-state index is 14.5. The molecule has 1 heterocycles. The van der Waals surface area contributed by atoms with Crippen LogP contribution in [-0.4, -0.2) is 23.6 Å². The van der Waals surface area contributed by atoms with Gasteiger partial charge in [0.05, 0.1) is 5.69 Å². The van der Waals surface area contributed by atoms with Crippen molar-refractivity contribution in [1.29, 1.82) is 0 Å². The van der Waals surface area contributed by atoms with Crippen LogP contribution in [0.15, 0.2) is 115 Å². The summed E-state index contributed by atoms with van der Waals surface area (Å²) in [5.41, 5.74) is 3.48. The molecule has 4 aromatic carbocycles. The zero-order chi connectivity index (χ0) is 31.5. The number of nitrogens with zero attached hydrogens (tertiary/aromatic N) is 1. The van der Waals surface area contributed by atoms with Crippen molar-refractivity contribution in [3.05, 3.63) is 149 Å². The highest BCUT2D eigenvalue weighted by atomic mass is 16.6. The van der Waals surface area contributed by atoms with E-state index in [0.717, 1.165) is 32.7 Å². The minimum atomic E-state index is -1.26. The SMILES string of the molecule is Cc1cc(C)cc([C@]2(C/C=C\C(=O)OC(c3ccccc3)c3ccccc3)C(=O)N(C(=O)OC(C)(C)C)c3ccccc32)c1. The van der Waals surface area contributed by atoms with E-state index >= 15 is 0 Å². The van der Waals surface area contributed by atoms with Gasteiger partial charge >= 0.3 is 12.1 Å². The molecule has 6 heteroatoms. The summed E-state index contributed by atoms with van der Waals surface area (Å²) in [6.07, 6.45) is 1.83. The molecule has 0 bridgehead atoms. The molecule has 44 heavy (non-hydrogen) atoms. The second-order valence-electron chi connectivity index (χ2n) is 12.2. The summed E-state index contributed by atoms with van der Waals surface area (Å²) in [4.78, 5) is 42.4. The number of carbonyl (C=O) groups is 3. The fraction of sp³-hybridized carbons (Fsp3) is 0.237. The average Bonchev–Trinajstić information content (AvgIpc) is 3.24. The predicted molar refractivity (Wildman–Crippen MR) is 171 cm³/mol. The number of para-hydroxylation sites is 1. The fourth-order valence-electron chi connectivity index (χ4n) is 5.82. The molecule has 0 unspecified atom stereocenters. The van der Waals surface area contributed by atoms with Gasteiger partial charge in [0, 0.05) is 6.08 Å². The smallest absolute Gasteiger partial charge is 0.421 e. The summed E-state index contributed by atoms with van der Waals surface area (Å²) < 4.78 is 11.6. The summed E-state index contributed by atoms with van der Waals surface area (Å²) in [6.45, 7) is 9.24. The van der Waals surface area contributed by atoms with E-state index in [9.17, 15) is 14.4 Å². The highest BCUT2D eigenvalue weighted by molar-refractivity contribution is 6.22. The summed E-state index contributed by atoms with van der Waals surface area (Å²) in [6, 6.07) is 32.4. The zero-order valence-corrected chi connectivity index (χ0v) is 25.7. The molecule has 4 aromatic rings. The Labute approximate surface area is 258 Å². The van der Waals surface area contributed by atoms with Gasteiger partial charge in [-0.15, -0.1) is 0 Å². The van der Waals surface area contributed by atoms with E-state index in [1.165, 1.54) is 6.08 Å². The average molecular weight is 588 g/mol. The van der Waals surface area contributed by atoms with E-state index in [0.29, 0.717) is 11.3 Å². The van der Waals surface area contributed by atoms with Crippen molar-refractivity contribution in [3.8, 4) is 0 Å². The number of ether oxygens (including phenoxy) is 2. The van der Waals surface area contributed by atoms with Gasteiger partial charge in [0.2, 0.25) is 0 Å². The lowest BCUT2D eigenvalue weighted by atomic mass is 9.72. The first kappa shape index (κ1) is 30.5. The molecule has 6 nitrogen and oxygen atoms in total. The highest BCUT2D eigenvalue weighted by Crippen LogP contribution is 2.49. The maximum Gasteiger partial charge on any atom is 0.421 e. The molecule has 0 fully saturated rings. The lowest BCUT2D eigenvalue weighted by Crippen LogP contribution is -2.45. The number of benzene rings is 4. The Hall–Kier alpha value is -4.97. The number of amides is 2. The van der Waals surface area contributed by atoms with Crippen LogP contribution in [0.5, 0.6) is 0 Å². The Bertz CT molecular complexity index is 1640. The lowest BCUT2D eigenvalue weighted by Gasteiger charge is -2.29. The number of fused-ring (bicyclic) bond motifs is 1. The van der Waals surface area contributed by atoms with Gasteiger partial charge in [-0.1, -0.05) is 114 Å². The number of aryl methyl sites for hydroxylation is 2. The Balaban J connectivity index is 1.52. The number of rotatable bonds is 7. The number of hydrogen-bond acceptors (Lipinski definition) is 5. The molecule has 1 atom stereocenters. The number of imide groups is 1. The molecular weight excluding hydrogens is 550 g/mol. The summed E-state index contributed by atoms with van der Waals surface area (Å²) in [5, 5.41) is 0. The van der Waals surface area contributed by atoms with Gasteiger partial charge in [0.1, 0.15) is 11.0 Å². The third-order valence-corrected chi connectivity index (χ3v) is 7.58. The van der Waals surface area contributed by atoms with Gasteiger partial charge in [0.15, 0.2) is 6.10 Å². The van der Waals surface area contributed by atoms with Gasteiger partial charge in [-0.3, -0.25) is 4.79 Å². The van der Waals surface area contributed by atoms with Crippen LogP contribution in [0, 0.1) is 13.8 Å². The number of anilines is 1. The minimum Gasteiger partial charge on any atom is -0.449 e. The second-order valence-corrected chi connectivity index (χ2v) is 12.2. The lowest BCUT2D eigenvalue weighted by molar-refractivity contribution is -0.141. The van der Waals surface area contributed by atoms with E-state index in [4.69, 9.17) is 9.47 Å². The van der Waals surface area contributed by atoms with E-state index < -0.39 is 35.1 Å². The Morgan fingerprint density at radius 3 is 1.93 bits per heavy atom. The van der Waals surface area contributed by atoms with Crippen LogP contribution >= 0.6 is 0 Å². The Kier molecular flexibility index (Phi) is 8.54. The van der Waals surface area contributed by atoms with Crippen molar-refractivity contribution in [2.45, 2.75) is 58.2 Å². The molecule has 0 aromatic heterocycles. The van der Waals surface area contributed by atoms with Gasteiger partial charge in [-0.2, -0.15) is 0 Å². The standard InChI is InChI=1S/C38H37NO5/c1-26-23-27(2)25-30(24-26)38(31-19-12-13-20-32(31)39(35(38)41)36(42)44-37(3,4)5)22-14-21-33(40)43-34(28-15-8-6-9-16-28)29-17-10-7-11-18-29/h6-21,23-25,34H,22H2,1-5H3/b21-14-/t38-/m0/s1. The summed E-state index contributed by atoms with van der Waals surface area (Å²) in [5.74, 6) is -0.969. The van der Waals surface area contributed by atoms with Gasteiger partial charge in [-0.05, 0) is 69.4 Å². The van der Waals surface area contributed by atoms with Crippen molar-refractivity contribution in [1.82, 2.24) is 0 Å². The van der Waals surface area contributed by atoms with Crippen LogP contribution in [0.2, 0.25) is 0 Å². The van der Waals surface area contributed by atoms with Crippen molar-refractivity contribution in [2.24, 2.45) is 0 Å². The number of carbonyl (C=O) groups excluding carboxylic acids is 3. The van der Waals surface area contributed by atoms with E-state index in [-0.39, 0.29) is 6.42 Å². The predicted octanol–water partition coefficient (Wildman–Crippen LogP) is 8.15. The molecule has 0 radical (unpaired) electrons. The molecule has 0 spiro atoms.